The lowest BCUT2D eigenvalue weighted by atomic mass is 9.84. The highest BCUT2D eigenvalue weighted by atomic mass is 16.7. The monoisotopic (exact) mass is 742 g/mol. The maximum absolute atomic E-state index is 10.5. The number of methoxy groups -OCH3 is 4. The third-order valence-electron chi connectivity index (χ3n) is 10.1. The number of hydrogen-bond acceptors (Lipinski definition) is 18. The number of aliphatic hydroxyl groups excluding tert-OH is 8. The number of ether oxygens (including phenoxy) is 10. The van der Waals surface area contributed by atoms with Crippen LogP contribution in [0.3, 0.4) is 0 Å². The van der Waals surface area contributed by atoms with Crippen LogP contribution in [0, 0.1) is 11.8 Å². The third-order valence-corrected chi connectivity index (χ3v) is 10.1. The van der Waals surface area contributed by atoms with Crippen molar-refractivity contribution in [2.45, 2.75) is 73.6 Å². The fourth-order valence-electron chi connectivity index (χ4n) is 7.16. The minimum absolute atomic E-state index is 0.0541. The van der Waals surface area contributed by atoms with E-state index >= 15 is 0 Å². The molecule has 0 aliphatic carbocycles. The quantitative estimate of drug-likeness (QED) is 0.119. The molecule has 52 heavy (non-hydrogen) atoms. The van der Waals surface area contributed by atoms with Crippen LogP contribution in [0.4, 0.5) is 0 Å². The Morgan fingerprint density at radius 3 is 1.13 bits per heavy atom. The van der Waals surface area contributed by atoms with Crippen LogP contribution in [-0.2, 0) is 18.9 Å². The first-order valence-electron chi connectivity index (χ1n) is 16.7. The van der Waals surface area contributed by atoms with Gasteiger partial charge in [0.15, 0.2) is 23.0 Å². The largest absolute Gasteiger partial charge is 0.493 e. The van der Waals surface area contributed by atoms with E-state index in [-0.39, 0.29) is 46.3 Å². The van der Waals surface area contributed by atoms with E-state index in [1.807, 2.05) is 0 Å². The highest BCUT2D eigenvalue weighted by Gasteiger charge is 2.50. The molecule has 0 unspecified atom stereocenters. The lowest BCUT2D eigenvalue weighted by Gasteiger charge is -2.39. The maximum Gasteiger partial charge on any atom is 0.229 e. The molecule has 18 nitrogen and oxygen atoms in total. The summed E-state index contributed by atoms with van der Waals surface area (Å²) in [6, 6.07) is 6.78. The molecular formula is C34H46O18. The zero-order valence-electron chi connectivity index (χ0n) is 28.9. The zero-order valence-corrected chi connectivity index (χ0v) is 28.9. The minimum atomic E-state index is -1.65. The molecule has 14 atom stereocenters. The highest BCUT2D eigenvalue weighted by molar-refractivity contribution is 5.56. The van der Waals surface area contributed by atoms with E-state index in [4.69, 9.17) is 47.4 Å². The van der Waals surface area contributed by atoms with Crippen LogP contribution in [0.5, 0.6) is 34.5 Å². The van der Waals surface area contributed by atoms with Crippen LogP contribution < -0.4 is 28.4 Å². The Kier molecular flexibility index (Phi) is 11.8. The van der Waals surface area contributed by atoms with E-state index in [0.717, 1.165) is 0 Å². The molecule has 4 saturated heterocycles. The Morgan fingerprint density at radius 1 is 0.519 bits per heavy atom. The van der Waals surface area contributed by atoms with Crippen LogP contribution >= 0.6 is 0 Å². The van der Waals surface area contributed by atoms with E-state index in [0.29, 0.717) is 24.3 Å². The highest BCUT2D eigenvalue weighted by Crippen LogP contribution is 2.54. The molecule has 4 aliphatic heterocycles. The van der Waals surface area contributed by atoms with Gasteiger partial charge in [0.2, 0.25) is 24.1 Å². The number of benzene rings is 2. The molecule has 2 aromatic rings. The molecule has 18 heteroatoms. The van der Waals surface area contributed by atoms with Gasteiger partial charge in [0.25, 0.3) is 0 Å². The average Bonchev–Trinajstić information content (AvgIpc) is 3.78. The smallest absolute Gasteiger partial charge is 0.229 e. The molecule has 4 heterocycles. The van der Waals surface area contributed by atoms with Gasteiger partial charge in [0.1, 0.15) is 48.8 Å². The van der Waals surface area contributed by atoms with Crippen LogP contribution in [0.15, 0.2) is 24.3 Å². The molecule has 0 saturated carbocycles. The van der Waals surface area contributed by atoms with Gasteiger partial charge in [-0.15, -0.1) is 0 Å². The fraction of sp³-hybridized carbons (Fsp3) is 0.647. The van der Waals surface area contributed by atoms with E-state index in [2.05, 4.69) is 0 Å². The number of rotatable bonds is 12. The van der Waals surface area contributed by atoms with Gasteiger partial charge in [0, 0.05) is 11.8 Å². The third kappa shape index (κ3) is 6.94. The molecule has 4 fully saturated rings. The SMILES string of the molecule is COc1cc([C@@H]2OC[C@H]3[C@@H]2CO[C@H]3c2cc(OC)c(O[C@@H]3O[C@H](CO)[C@@H](O)[C@H](O)[C@H]3O)c(OC)c2)cc(OC)c1O[C@@H]1O[C@H](CO)[C@@H](O)[C@H](O)[C@H]1O. The predicted octanol–water partition coefficient (Wildman–Crippen LogP) is -1.85. The molecule has 4 aliphatic rings. The summed E-state index contributed by atoms with van der Waals surface area (Å²) in [5.41, 5.74) is 1.37. The molecule has 8 N–H and O–H groups in total. The molecule has 0 aromatic heterocycles. The second-order valence-electron chi connectivity index (χ2n) is 13.0. The lowest BCUT2D eigenvalue weighted by Crippen LogP contribution is -2.60. The second kappa shape index (κ2) is 16.0. The van der Waals surface area contributed by atoms with Gasteiger partial charge in [-0.05, 0) is 35.4 Å². The molecule has 0 spiro atoms. The van der Waals surface area contributed by atoms with Gasteiger partial charge < -0.3 is 88.2 Å². The summed E-state index contributed by atoms with van der Waals surface area (Å²) in [7, 11) is 5.66. The van der Waals surface area contributed by atoms with Crippen molar-refractivity contribution in [3.8, 4) is 34.5 Å². The topological polar surface area (TPSA) is 254 Å². The van der Waals surface area contributed by atoms with Crippen molar-refractivity contribution in [1.29, 1.82) is 0 Å². The summed E-state index contributed by atoms with van der Waals surface area (Å²) in [6.07, 6.45) is -15.9. The van der Waals surface area contributed by atoms with Crippen molar-refractivity contribution in [2.24, 2.45) is 11.8 Å². The van der Waals surface area contributed by atoms with Crippen molar-refractivity contribution in [2.75, 3.05) is 54.9 Å². The number of fused-ring (bicyclic) bond motifs is 1. The van der Waals surface area contributed by atoms with Crippen LogP contribution in [0.25, 0.3) is 0 Å². The Hall–Kier alpha value is -3.24. The van der Waals surface area contributed by atoms with Crippen LogP contribution in [-0.4, -0.2) is 157 Å². The Labute approximate surface area is 298 Å². The first kappa shape index (κ1) is 38.5. The summed E-state index contributed by atoms with van der Waals surface area (Å²) in [5.74, 6) is 0.683. The van der Waals surface area contributed by atoms with Gasteiger partial charge >= 0.3 is 0 Å². The van der Waals surface area contributed by atoms with Crippen molar-refractivity contribution in [1.82, 2.24) is 0 Å². The summed E-state index contributed by atoms with van der Waals surface area (Å²) >= 11 is 0. The van der Waals surface area contributed by atoms with Gasteiger partial charge in [-0.1, -0.05) is 0 Å². The van der Waals surface area contributed by atoms with E-state index in [1.165, 1.54) is 28.4 Å². The van der Waals surface area contributed by atoms with Gasteiger partial charge in [-0.3, -0.25) is 0 Å². The van der Waals surface area contributed by atoms with E-state index < -0.39 is 86.8 Å². The first-order valence-corrected chi connectivity index (χ1v) is 16.7. The van der Waals surface area contributed by atoms with Crippen LogP contribution in [0.2, 0.25) is 0 Å². The Balaban J connectivity index is 1.22. The minimum Gasteiger partial charge on any atom is -0.493 e. The fourth-order valence-corrected chi connectivity index (χ4v) is 7.16. The molecule has 0 radical (unpaired) electrons. The first-order chi connectivity index (χ1) is 25.0. The summed E-state index contributed by atoms with van der Waals surface area (Å²) < 4.78 is 58.0. The standard InChI is InChI=1S/C34H46O18/c1-43-17-5-13(6-18(44-2)31(17)51-33-27(41)25(39)23(37)21(9-35)49-33)29-15-11-48-30(16(15)12-47-29)14-7-19(45-3)32(20(8-14)46-4)52-34-28(42)26(40)24(38)22(10-36)50-34/h5-8,15-16,21-30,33-42H,9-12H2,1-4H3/t15-,16-,21+,22+,23+,24+,25-,26-,27+,28+,29-,30-,33-,34-/m0/s1. The number of hydrogen-bond donors (Lipinski definition) is 8. The normalized spacial score (nSPS) is 37.3. The summed E-state index contributed by atoms with van der Waals surface area (Å²) in [5, 5.41) is 81.0. The van der Waals surface area contributed by atoms with Gasteiger partial charge in [-0.25, -0.2) is 0 Å². The Morgan fingerprint density at radius 2 is 0.846 bits per heavy atom. The van der Waals surface area contributed by atoms with Crippen LogP contribution in [0.1, 0.15) is 23.3 Å². The molecule has 0 bridgehead atoms. The number of aliphatic hydroxyl groups is 8. The summed E-state index contributed by atoms with van der Waals surface area (Å²) in [6.45, 7) is -0.604. The van der Waals surface area contributed by atoms with Crippen molar-refractivity contribution in [3.63, 3.8) is 0 Å². The molecule has 290 valence electrons. The lowest BCUT2D eigenvalue weighted by molar-refractivity contribution is -0.277. The molecule has 0 amide bonds. The summed E-state index contributed by atoms with van der Waals surface area (Å²) in [4.78, 5) is 0. The molecular weight excluding hydrogens is 696 g/mol. The van der Waals surface area contributed by atoms with Crippen molar-refractivity contribution in [3.05, 3.63) is 35.4 Å². The molecule has 6 rings (SSSR count). The zero-order chi connectivity index (χ0) is 37.4. The van der Waals surface area contributed by atoms with Crippen molar-refractivity contribution >= 4 is 0 Å². The second-order valence-corrected chi connectivity index (χ2v) is 13.0. The average molecular weight is 743 g/mol. The van der Waals surface area contributed by atoms with Crippen molar-refractivity contribution < 1.29 is 88.2 Å². The van der Waals surface area contributed by atoms with Gasteiger partial charge in [-0.2, -0.15) is 0 Å². The molecule has 2 aromatic carbocycles. The Bertz CT molecular complexity index is 1360. The maximum atomic E-state index is 10.5. The van der Waals surface area contributed by atoms with E-state index in [9.17, 15) is 40.9 Å². The predicted molar refractivity (Wildman–Crippen MR) is 172 cm³/mol. The van der Waals surface area contributed by atoms with E-state index in [1.54, 1.807) is 24.3 Å². The van der Waals surface area contributed by atoms with Gasteiger partial charge in [0.05, 0.1) is 67.1 Å².